The van der Waals surface area contributed by atoms with Crippen molar-refractivity contribution >= 4 is 38.6 Å². The van der Waals surface area contributed by atoms with Gasteiger partial charge in [0, 0.05) is 6.54 Å². The summed E-state index contributed by atoms with van der Waals surface area (Å²) in [4.78, 5) is 4.68. The number of hydrogen-bond donors (Lipinski definition) is 1. The minimum Gasteiger partial charge on any atom is -0.315 e. The highest BCUT2D eigenvalue weighted by molar-refractivity contribution is 9.11. The average Bonchev–Trinajstić information content (AvgIpc) is 2.84. The van der Waals surface area contributed by atoms with Crippen LogP contribution in [0, 0.1) is 0 Å². The van der Waals surface area contributed by atoms with Crippen molar-refractivity contribution in [2.75, 3.05) is 7.05 Å². The third kappa shape index (κ3) is 2.93. The van der Waals surface area contributed by atoms with Crippen LogP contribution in [-0.2, 0) is 12.7 Å². The number of thiazole rings is 1. The zero-order valence-electron chi connectivity index (χ0n) is 9.14. The molecule has 0 bridgehead atoms. The lowest BCUT2D eigenvalue weighted by atomic mass is 10.3. The molecule has 0 aliphatic heterocycles. The molecule has 0 spiro atoms. The molecular formula is C10H8BrF3N2S2. The van der Waals surface area contributed by atoms with E-state index in [4.69, 9.17) is 0 Å². The molecule has 0 aliphatic rings. The van der Waals surface area contributed by atoms with Gasteiger partial charge in [-0.3, -0.25) is 0 Å². The van der Waals surface area contributed by atoms with Crippen LogP contribution < -0.4 is 5.32 Å². The molecule has 8 heteroatoms. The minimum absolute atomic E-state index is 0.166. The monoisotopic (exact) mass is 356 g/mol. The van der Waals surface area contributed by atoms with Crippen molar-refractivity contribution < 1.29 is 13.2 Å². The topological polar surface area (TPSA) is 24.9 Å². The quantitative estimate of drug-likeness (QED) is 0.882. The first kappa shape index (κ1) is 14.0. The molecule has 0 saturated heterocycles. The first-order chi connectivity index (χ1) is 8.41. The van der Waals surface area contributed by atoms with E-state index in [2.05, 4.69) is 26.2 Å². The largest absolute Gasteiger partial charge is 0.434 e. The Kier molecular flexibility index (Phi) is 4.10. The van der Waals surface area contributed by atoms with Gasteiger partial charge in [-0.2, -0.15) is 13.2 Å². The lowest BCUT2D eigenvalue weighted by molar-refractivity contribution is -0.141. The van der Waals surface area contributed by atoms with Crippen molar-refractivity contribution in [3.63, 3.8) is 0 Å². The smallest absolute Gasteiger partial charge is 0.315 e. The fraction of sp³-hybridized carbons (Fsp3) is 0.300. The second-order valence-corrected chi connectivity index (χ2v) is 6.97. The van der Waals surface area contributed by atoms with Crippen molar-refractivity contribution in [1.29, 1.82) is 0 Å². The maximum Gasteiger partial charge on any atom is 0.434 e. The molecule has 0 atom stereocenters. The van der Waals surface area contributed by atoms with Crippen LogP contribution in [-0.4, -0.2) is 12.0 Å². The van der Waals surface area contributed by atoms with Crippen molar-refractivity contribution in [1.82, 2.24) is 10.3 Å². The van der Waals surface area contributed by atoms with Gasteiger partial charge < -0.3 is 5.32 Å². The second-order valence-electron chi connectivity index (χ2n) is 3.42. The summed E-state index contributed by atoms with van der Waals surface area (Å²) in [5, 5.41) is 3.14. The standard InChI is InChI=1S/C10H8BrF3N2S2/c1-15-4-6-8(10(12,13)14)16-9(18-6)5-2-3-7(11)17-5/h2-3,15H,4H2,1H3. The Morgan fingerprint density at radius 1 is 1.33 bits per heavy atom. The van der Waals surface area contributed by atoms with E-state index in [0.29, 0.717) is 5.01 Å². The van der Waals surface area contributed by atoms with E-state index >= 15 is 0 Å². The van der Waals surface area contributed by atoms with Gasteiger partial charge in [-0.25, -0.2) is 4.98 Å². The van der Waals surface area contributed by atoms with E-state index < -0.39 is 11.9 Å². The molecule has 0 saturated carbocycles. The number of nitrogens with one attached hydrogen (secondary N) is 1. The number of thiophene rings is 1. The summed E-state index contributed by atoms with van der Waals surface area (Å²) in [6.45, 7) is 0.166. The Balaban J connectivity index is 2.45. The predicted molar refractivity (Wildman–Crippen MR) is 70.9 cm³/mol. The SMILES string of the molecule is CNCc1sc(-c2ccc(Br)s2)nc1C(F)(F)F. The number of halogens is 4. The van der Waals surface area contributed by atoms with E-state index in [1.54, 1.807) is 19.2 Å². The second kappa shape index (κ2) is 5.28. The molecule has 0 unspecified atom stereocenters. The summed E-state index contributed by atoms with van der Waals surface area (Å²) in [5.41, 5.74) is -0.790. The molecular weight excluding hydrogens is 349 g/mol. The first-order valence-corrected chi connectivity index (χ1v) is 7.31. The fourth-order valence-electron chi connectivity index (χ4n) is 1.39. The van der Waals surface area contributed by atoms with Gasteiger partial charge in [0.25, 0.3) is 0 Å². The summed E-state index contributed by atoms with van der Waals surface area (Å²) >= 11 is 5.73. The summed E-state index contributed by atoms with van der Waals surface area (Å²) in [7, 11) is 1.61. The van der Waals surface area contributed by atoms with Gasteiger partial charge in [0.05, 0.1) is 13.5 Å². The van der Waals surface area contributed by atoms with Crippen molar-refractivity contribution in [3.8, 4) is 9.88 Å². The fourth-order valence-corrected chi connectivity index (χ4v) is 3.92. The lowest BCUT2D eigenvalue weighted by Crippen LogP contribution is -2.12. The van der Waals surface area contributed by atoms with E-state index in [9.17, 15) is 13.2 Å². The first-order valence-electron chi connectivity index (χ1n) is 4.89. The van der Waals surface area contributed by atoms with E-state index in [-0.39, 0.29) is 11.4 Å². The summed E-state index contributed by atoms with van der Waals surface area (Å²) in [5.74, 6) is 0. The van der Waals surface area contributed by atoms with Crippen LogP contribution in [0.3, 0.4) is 0 Å². The zero-order valence-corrected chi connectivity index (χ0v) is 12.4. The minimum atomic E-state index is -4.41. The maximum absolute atomic E-state index is 12.8. The maximum atomic E-state index is 12.8. The summed E-state index contributed by atoms with van der Waals surface area (Å²) in [6, 6.07) is 3.56. The van der Waals surface area contributed by atoms with Crippen molar-refractivity contribution in [3.05, 3.63) is 26.5 Å². The molecule has 2 heterocycles. The molecule has 0 amide bonds. The Morgan fingerprint density at radius 2 is 2.06 bits per heavy atom. The van der Waals surface area contributed by atoms with Crippen LogP contribution in [0.4, 0.5) is 13.2 Å². The van der Waals surface area contributed by atoms with Crippen LogP contribution in [0.5, 0.6) is 0 Å². The zero-order chi connectivity index (χ0) is 13.3. The predicted octanol–water partition coefficient (Wildman–Crippen LogP) is 4.37. The highest BCUT2D eigenvalue weighted by Gasteiger charge is 2.37. The molecule has 0 fully saturated rings. The van der Waals surface area contributed by atoms with Crippen LogP contribution in [0.25, 0.3) is 9.88 Å². The van der Waals surface area contributed by atoms with Gasteiger partial charge in [0.1, 0.15) is 5.01 Å². The molecule has 18 heavy (non-hydrogen) atoms. The number of hydrogen-bond acceptors (Lipinski definition) is 4. The highest BCUT2D eigenvalue weighted by atomic mass is 79.9. The molecule has 1 N–H and O–H groups in total. The highest BCUT2D eigenvalue weighted by Crippen LogP contribution is 2.40. The number of alkyl halides is 3. The Hall–Kier alpha value is -0.440. The Labute approximate surface area is 118 Å². The number of nitrogens with zero attached hydrogens (tertiary/aromatic N) is 1. The molecule has 2 aromatic rings. The van der Waals surface area contributed by atoms with E-state index in [1.165, 1.54) is 11.3 Å². The average molecular weight is 357 g/mol. The van der Waals surface area contributed by atoms with Gasteiger partial charge in [-0.15, -0.1) is 22.7 Å². The van der Waals surface area contributed by atoms with Gasteiger partial charge in [-0.05, 0) is 35.1 Å². The molecule has 2 rings (SSSR count). The van der Waals surface area contributed by atoms with Crippen LogP contribution >= 0.6 is 38.6 Å². The normalized spacial score (nSPS) is 12.1. The van der Waals surface area contributed by atoms with E-state index in [0.717, 1.165) is 20.0 Å². The molecule has 0 radical (unpaired) electrons. The summed E-state index contributed by atoms with van der Waals surface area (Å²) < 4.78 is 39.3. The number of aromatic nitrogens is 1. The van der Waals surface area contributed by atoms with Gasteiger partial charge >= 0.3 is 6.18 Å². The third-order valence-electron chi connectivity index (χ3n) is 2.09. The molecule has 98 valence electrons. The Morgan fingerprint density at radius 3 is 2.56 bits per heavy atom. The molecule has 2 aromatic heterocycles. The molecule has 0 aromatic carbocycles. The third-order valence-corrected chi connectivity index (χ3v) is 4.94. The van der Waals surface area contributed by atoms with Crippen LogP contribution in [0.2, 0.25) is 0 Å². The Bertz CT molecular complexity index is 548. The molecule has 0 aliphatic carbocycles. The lowest BCUT2D eigenvalue weighted by Gasteiger charge is -2.04. The van der Waals surface area contributed by atoms with Crippen molar-refractivity contribution in [2.45, 2.75) is 12.7 Å². The van der Waals surface area contributed by atoms with Crippen LogP contribution in [0.15, 0.2) is 15.9 Å². The van der Waals surface area contributed by atoms with Crippen molar-refractivity contribution in [2.24, 2.45) is 0 Å². The van der Waals surface area contributed by atoms with Crippen LogP contribution in [0.1, 0.15) is 10.6 Å². The van der Waals surface area contributed by atoms with Gasteiger partial charge in [0.15, 0.2) is 5.69 Å². The van der Waals surface area contributed by atoms with Gasteiger partial charge in [0.2, 0.25) is 0 Å². The summed E-state index contributed by atoms with van der Waals surface area (Å²) in [6.07, 6.45) is -4.41. The number of rotatable bonds is 3. The van der Waals surface area contributed by atoms with E-state index in [1.807, 2.05) is 0 Å². The van der Waals surface area contributed by atoms with Gasteiger partial charge in [-0.1, -0.05) is 0 Å². The molecule has 2 nitrogen and oxygen atoms in total.